The first-order valence-corrected chi connectivity index (χ1v) is 9.39. The summed E-state index contributed by atoms with van der Waals surface area (Å²) in [5, 5.41) is 10.5. The van der Waals surface area contributed by atoms with Gasteiger partial charge in [-0.25, -0.2) is 0 Å². The minimum Gasteiger partial charge on any atom is -0.489 e. The van der Waals surface area contributed by atoms with Crippen LogP contribution in [0.1, 0.15) is 16.8 Å². The molecule has 4 nitrogen and oxygen atoms in total. The Hall–Kier alpha value is -2.37. The van der Waals surface area contributed by atoms with Crippen LogP contribution in [-0.2, 0) is 12.4 Å². The number of pyridine rings is 1. The van der Waals surface area contributed by atoms with Gasteiger partial charge in [0.2, 0.25) is 0 Å². The van der Waals surface area contributed by atoms with Gasteiger partial charge in [-0.3, -0.25) is 4.79 Å². The third kappa shape index (κ3) is 4.84. The molecule has 2 aromatic carbocycles. The number of hydrogen-bond acceptors (Lipinski definition) is 4. The van der Waals surface area contributed by atoms with Crippen LogP contribution in [0, 0.1) is 6.92 Å². The van der Waals surface area contributed by atoms with Crippen molar-refractivity contribution in [2.24, 2.45) is 0 Å². The molecule has 0 spiro atoms. The highest BCUT2D eigenvalue weighted by atomic mass is 35.5. The van der Waals surface area contributed by atoms with Crippen LogP contribution in [0.15, 0.2) is 70.4 Å². The topological polar surface area (TPSA) is 51.5 Å². The van der Waals surface area contributed by atoms with Crippen LogP contribution in [0.4, 0.5) is 0 Å². The largest absolute Gasteiger partial charge is 0.489 e. The van der Waals surface area contributed by atoms with Gasteiger partial charge >= 0.3 is 0 Å². The summed E-state index contributed by atoms with van der Waals surface area (Å²) in [5.74, 6) is 1.24. The quantitative estimate of drug-likeness (QED) is 0.482. The molecule has 1 N–H and O–H groups in total. The van der Waals surface area contributed by atoms with E-state index < -0.39 is 5.56 Å². The lowest BCUT2D eigenvalue weighted by atomic mass is 10.2. The number of nitrogens with zero attached hydrogens (tertiary/aromatic N) is 1. The van der Waals surface area contributed by atoms with E-state index in [0.717, 1.165) is 21.8 Å². The smallest absolute Gasteiger partial charge is 0.283 e. The van der Waals surface area contributed by atoms with Crippen molar-refractivity contribution < 1.29 is 9.94 Å². The highest BCUT2D eigenvalue weighted by Gasteiger charge is 2.06. The Balaban J connectivity index is 1.64. The van der Waals surface area contributed by atoms with Gasteiger partial charge < -0.3 is 9.94 Å². The van der Waals surface area contributed by atoms with Crippen LogP contribution >= 0.6 is 23.4 Å². The van der Waals surface area contributed by atoms with Crippen LogP contribution in [0.25, 0.3) is 0 Å². The van der Waals surface area contributed by atoms with Crippen molar-refractivity contribution in [2.45, 2.75) is 24.2 Å². The second kappa shape index (κ2) is 8.34. The van der Waals surface area contributed by atoms with E-state index >= 15 is 0 Å². The van der Waals surface area contributed by atoms with Crippen LogP contribution in [0.3, 0.4) is 0 Å². The third-order valence-corrected chi connectivity index (χ3v) is 5.02. The highest BCUT2D eigenvalue weighted by molar-refractivity contribution is 7.98. The fourth-order valence-electron chi connectivity index (χ4n) is 2.42. The van der Waals surface area contributed by atoms with Gasteiger partial charge in [-0.1, -0.05) is 29.8 Å². The van der Waals surface area contributed by atoms with Crippen LogP contribution in [-0.4, -0.2) is 9.94 Å². The number of hydrogen-bond donors (Lipinski definition) is 1. The second-order valence-corrected chi connectivity index (χ2v) is 7.34. The average molecular weight is 388 g/mol. The van der Waals surface area contributed by atoms with Crippen molar-refractivity contribution in [1.82, 2.24) is 4.73 Å². The monoisotopic (exact) mass is 387 g/mol. The summed E-state index contributed by atoms with van der Waals surface area (Å²) in [5.41, 5.74) is 2.01. The number of ether oxygens (including phenoxy) is 1. The first kappa shape index (κ1) is 18.4. The van der Waals surface area contributed by atoms with E-state index in [4.69, 9.17) is 16.3 Å². The van der Waals surface area contributed by atoms with Gasteiger partial charge in [-0.2, -0.15) is 4.73 Å². The molecule has 0 radical (unpaired) electrons. The fourth-order valence-corrected chi connectivity index (χ4v) is 3.44. The van der Waals surface area contributed by atoms with Crippen molar-refractivity contribution in [2.75, 3.05) is 0 Å². The molecule has 0 aliphatic rings. The molecular weight excluding hydrogens is 370 g/mol. The van der Waals surface area contributed by atoms with Gasteiger partial charge in [0.05, 0.1) is 5.69 Å². The molecule has 3 aromatic rings. The van der Waals surface area contributed by atoms with Gasteiger partial charge in [0.1, 0.15) is 12.4 Å². The van der Waals surface area contributed by atoms with E-state index in [2.05, 4.69) is 0 Å². The Morgan fingerprint density at radius 3 is 2.65 bits per heavy atom. The van der Waals surface area contributed by atoms with Crippen LogP contribution in [0.5, 0.6) is 5.75 Å². The zero-order valence-corrected chi connectivity index (χ0v) is 15.8. The maximum atomic E-state index is 11.6. The molecule has 0 bridgehead atoms. The molecule has 6 heteroatoms. The molecule has 134 valence electrons. The molecule has 0 fully saturated rings. The summed E-state index contributed by atoms with van der Waals surface area (Å²) in [4.78, 5) is 12.6. The lowest BCUT2D eigenvalue weighted by Crippen LogP contribution is -2.20. The fraction of sp³-hybridized carbons (Fsp3) is 0.150. The number of halogens is 1. The Labute approximate surface area is 161 Å². The molecule has 0 aliphatic carbocycles. The zero-order chi connectivity index (χ0) is 18.5. The van der Waals surface area contributed by atoms with E-state index in [0.29, 0.717) is 27.8 Å². The van der Waals surface area contributed by atoms with Crippen LogP contribution < -0.4 is 10.3 Å². The Morgan fingerprint density at radius 2 is 1.88 bits per heavy atom. The first-order chi connectivity index (χ1) is 12.5. The summed E-state index contributed by atoms with van der Waals surface area (Å²) in [7, 11) is 0. The molecule has 0 atom stereocenters. The zero-order valence-electron chi connectivity index (χ0n) is 14.2. The molecule has 1 heterocycles. The van der Waals surface area contributed by atoms with Crippen LogP contribution in [0.2, 0.25) is 5.02 Å². The molecule has 3 rings (SSSR count). The van der Waals surface area contributed by atoms with Gasteiger partial charge in [0.25, 0.3) is 5.56 Å². The molecule has 1 aromatic heterocycles. The predicted molar refractivity (Wildman–Crippen MR) is 104 cm³/mol. The van der Waals surface area contributed by atoms with Crippen molar-refractivity contribution in [1.29, 1.82) is 0 Å². The Kier molecular flexibility index (Phi) is 5.91. The normalized spacial score (nSPS) is 10.7. The van der Waals surface area contributed by atoms with Crippen molar-refractivity contribution in [3.63, 3.8) is 0 Å². The van der Waals surface area contributed by atoms with E-state index in [1.54, 1.807) is 6.07 Å². The second-order valence-electron chi connectivity index (χ2n) is 5.85. The number of benzene rings is 2. The minimum absolute atomic E-state index is 0.416. The number of aromatic nitrogens is 1. The summed E-state index contributed by atoms with van der Waals surface area (Å²) in [6.07, 6.45) is 0. The molecule has 0 unspecified atom stereocenters. The predicted octanol–water partition coefficient (Wildman–Crippen LogP) is 4.92. The van der Waals surface area contributed by atoms with Gasteiger partial charge in [-0.15, -0.1) is 11.8 Å². The van der Waals surface area contributed by atoms with E-state index in [-0.39, 0.29) is 0 Å². The number of aryl methyl sites for hydroxylation is 1. The van der Waals surface area contributed by atoms with E-state index in [9.17, 15) is 10.0 Å². The van der Waals surface area contributed by atoms with E-state index in [1.165, 1.54) is 17.8 Å². The van der Waals surface area contributed by atoms with E-state index in [1.807, 2.05) is 55.5 Å². The minimum atomic E-state index is -0.416. The number of rotatable bonds is 6. The Morgan fingerprint density at radius 1 is 1.12 bits per heavy atom. The van der Waals surface area contributed by atoms with Crippen molar-refractivity contribution in [3.05, 3.63) is 92.9 Å². The van der Waals surface area contributed by atoms with Gasteiger partial charge in [0.15, 0.2) is 0 Å². The lowest BCUT2D eigenvalue weighted by molar-refractivity contribution is 0.167. The number of thioether (sulfide) groups is 1. The summed E-state index contributed by atoms with van der Waals surface area (Å²) < 4.78 is 6.52. The molecule has 26 heavy (non-hydrogen) atoms. The third-order valence-electron chi connectivity index (χ3n) is 3.74. The maximum Gasteiger partial charge on any atom is 0.283 e. The molecule has 0 saturated heterocycles. The summed E-state index contributed by atoms with van der Waals surface area (Å²) in [6, 6.07) is 18.5. The molecular formula is C20H18ClNO3S. The highest BCUT2D eigenvalue weighted by Crippen LogP contribution is 2.26. The SMILES string of the molecule is Cc1cc(CSc2cccc(OCc3ccc(Cl)cc3)c2)n(O)c(=O)c1. The average Bonchev–Trinajstić information content (AvgIpc) is 2.63. The first-order valence-electron chi connectivity index (χ1n) is 8.03. The maximum absolute atomic E-state index is 11.6. The standard InChI is InChI=1S/C20H18ClNO3S/c1-14-9-17(22(24)20(23)10-14)13-26-19-4-2-3-18(11-19)25-12-15-5-7-16(21)8-6-15/h2-11,24H,12-13H2,1H3. The van der Waals surface area contributed by atoms with Gasteiger partial charge in [-0.05, 0) is 54.4 Å². The molecule has 0 aliphatic heterocycles. The summed E-state index contributed by atoms with van der Waals surface area (Å²) >= 11 is 7.41. The Bertz CT molecular complexity index is 954. The van der Waals surface area contributed by atoms with Gasteiger partial charge in [0, 0.05) is 21.7 Å². The molecule has 0 saturated carbocycles. The molecule has 0 amide bonds. The van der Waals surface area contributed by atoms with Crippen molar-refractivity contribution in [3.8, 4) is 5.75 Å². The summed E-state index contributed by atoms with van der Waals surface area (Å²) in [6.45, 7) is 2.29. The van der Waals surface area contributed by atoms with Crippen molar-refractivity contribution >= 4 is 23.4 Å². The lowest BCUT2D eigenvalue weighted by Gasteiger charge is -2.10.